The molecular weight excluding hydrogens is 544 g/mol. The lowest BCUT2D eigenvalue weighted by Crippen LogP contribution is -2.30. The van der Waals surface area contributed by atoms with E-state index in [2.05, 4.69) is 6.07 Å². The summed E-state index contributed by atoms with van der Waals surface area (Å²) in [5, 5.41) is 10.3. The van der Waals surface area contributed by atoms with E-state index in [-0.39, 0.29) is 43.9 Å². The van der Waals surface area contributed by atoms with Crippen molar-refractivity contribution in [3.8, 4) is 5.75 Å². The molecule has 1 saturated carbocycles. The van der Waals surface area contributed by atoms with Gasteiger partial charge in [0.2, 0.25) is 0 Å². The van der Waals surface area contributed by atoms with Crippen LogP contribution in [0.2, 0.25) is 0 Å². The minimum absolute atomic E-state index is 0.0936. The number of aliphatic hydroxyl groups is 1. The first-order valence-corrected chi connectivity index (χ1v) is 15.4. The van der Waals surface area contributed by atoms with Gasteiger partial charge in [0.05, 0.1) is 12.7 Å². The van der Waals surface area contributed by atoms with Crippen LogP contribution in [0.1, 0.15) is 54.9 Å². The third kappa shape index (κ3) is 8.46. The lowest BCUT2D eigenvalue weighted by Gasteiger charge is -2.32. The smallest absolute Gasteiger partial charge is 0.344 e. The number of carbonyl (C=O) groups excluding carboxylic acids is 2. The number of fused-ring (bicyclic) bond motifs is 2. The molecule has 0 amide bonds. The van der Waals surface area contributed by atoms with Gasteiger partial charge in [-0.15, -0.1) is 0 Å². The van der Waals surface area contributed by atoms with Crippen molar-refractivity contribution in [1.29, 1.82) is 0 Å². The van der Waals surface area contributed by atoms with Crippen LogP contribution in [-0.4, -0.2) is 42.5 Å². The molecule has 0 unspecified atom stereocenters. The van der Waals surface area contributed by atoms with Gasteiger partial charge in [0.25, 0.3) is 0 Å². The van der Waals surface area contributed by atoms with Crippen molar-refractivity contribution in [2.45, 2.75) is 70.9 Å². The maximum absolute atomic E-state index is 12.8. The number of rotatable bonds is 14. The van der Waals surface area contributed by atoms with Crippen molar-refractivity contribution >= 4 is 11.9 Å². The number of carbonyl (C=O) groups is 2. The Kier molecular flexibility index (Phi) is 10.9. The fourth-order valence-corrected chi connectivity index (χ4v) is 6.58. The third-order valence-electron chi connectivity index (χ3n) is 8.83. The topological polar surface area (TPSA) is 91.3 Å². The van der Waals surface area contributed by atoms with Gasteiger partial charge in [0, 0.05) is 0 Å². The summed E-state index contributed by atoms with van der Waals surface area (Å²) >= 11 is 0. The fourth-order valence-electron chi connectivity index (χ4n) is 6.58. The zero-order chi connectivity index (χ0) is 30.0. The monoisotopic (exact) mass is 586 g/mol. The standard InChI is InChI=1S/C36H42O7/c1-2-29(37)16-17-30-31-18-27-14-9-15-33(41-24-35(38)42-22-26-12-7-4-8-13-26)32(27)19-28(31)20-34(30)43-36(39)23-40-21-25-10-5-3-6-11-25/h3-15,28-31,34,37H,2,16-24H2,1H3/t28-,29-,30+,31-,34+/m0/s1. The molecule has 2 aliphatic carbocycles. The lowest BCUT2D eigenvalue weighted by atomic mass is 9.73. The summed E-state index contributed by atoms with van der Waals surface area (Å²) in [7, 11) is 0. The van der Waals surface area contributed by atoms with Crippen LogP contribution in [0.25, 0.3) is 0 Å². The second-order valence-electron chi connectivity index (χ2n) is 11.7. The highest BCUT2D eigenvalue weighted by Gasteiger charge is 2.47. The normalized spacial score (nSPS) is 21.3. The summed E-state index contributed by atoms with van der Waals surface area (Å²) in [6.07, 6.45) is 4.01. The summed E-state index contributed by atoms with van der Waals surface area (Å²) in [5.41, 5.74) is 4.26. The van der Waals surface area contributed by atoms with Gasteiger partial charge >= 0.3 is 11.9 Å². The van der Waals surface area contributed by atoms with E-state index in [4.69, 9.17) is 18.9 Å². The molecule has 228 valence electrons. The van der Waals surface area contributed by atoms with E-state index < -0.39 is 5.97 Å². The lowest BCUT2D eigenvalue weighted by molar-refractivity contribution is -0.157. The largest absolute Gasteiger partial charge is 0.482 e. The van der Waals surface area contributed by atoms with Crippen LogP contribution >= 0.6 is 0 Å². The molecule has 7 nitrogen and oxygen atoms in total. The van der Waals surface area contributed by atoms with Crippen molar-refractivity contribution in [3.05, 3.63) is 101 Å². The predicted molar refractivity (Wildman–Crippen MR) is 162 cm³/mol. The minimum Gasteiger partial charge on any atom is -0.482 e. The molecule has 0 saturated heterocycles. The maximum atomic E-state index is 12.8. The van der Waals surface area contributed by atoms with Gasteiger partial charge in [0.15, 0.2) is 6.61 Å². The highest BCUT2D eigenvalue weighted by molar-refractivity contribution is 5.71. The van der Waals surface area contributed by atoms with E-state index in [1.807, 2.05) is 79.7 Å². The van der Waals surface area contributed by atoms with Gasteiger partial charge < -0.3 is 24.1 Å². The first kappa shape index (κ1) is 30.8. The number of hydrogen-bond acceptors (Lipinski definition) is 7. The molecule has 5 rings (SSSR count). The number of benzene rings is 3. The van der Waals surface area contributed by atoms with E-state index in [1.165, 1.54) is 5.56 Å². The molecule has 2 aliphatic rings. The number of ether oxygens (including phenoxy) is 4. The Morgan fingerprint density at radius 1 is 0.860 bits per heavy atom. The van der Waals surface area contributed by atoms with Crippen molar-refractivity contribution in [3.63, 3.8) is 0 Å². The average Bonchev–Trinajstić information content (AvgIpc) is 3.36. The van der Waals surface area contributed by atoms with Crippen LogP contribution in [0.15, 0.2) is 78.9 Å². The summed E-state index contributed by atoms with van der Waals surface area (Å²) < 4.78 is 23.1. The van der Waals surface area contributed by atoms with Crippen LogP contribution in [0, 0.1) is 17.8 Å². The minimum atomic E-state index is -0.410. The second kappa shape index (κ2) is 15.2. The van der Waals surface area contributed by atoms with Crippen molar-refractivity contribution in [1.82, 2.24) is 0 Å². The van der Waals surface area contributed by atoms with Crippen LogP contribution in [-0.2, 0) is 49.9 Å². The molecular formula is C36H42O7. The molecule has 0 spiro atoms. The molecule has 0 aliphatic heterocycles. The maximum Gasteiger partial charge on any atom is 0.344 e. The Labute approximate surface area is 254 Å². The molecule has 0 heterocycles. The van der Waals surface area contributed by atoms with Crippen LogP contribution in [0.5, 0.6) is 5.75 Å². The second-order valence-corrected chi connectivity index (χ2v) is 11.7. The molecule has 0 bridgehead atoms. The predicted octanol–water partition coefficient (Wildman–Crippen LogP) is 5.84. The summed E-state index contributed by atoms with van der Waals surface area (Å²) in [5.74, 6) is 0.762. The molecule has 1 fully saturated rings. The molecule has 3 aromatic carbocycles. The van der Waals surface area contributed by atoms with E-state index in [9.17, 15) is 14.7 Å². The van der Waals surface area contributed by atoms with Crippen LogP contribution < -0.4 is 4.74 Å². The zero-order valence-electron chi connectivity index (χ0n) is 24.9. The zero-order valence-corrected chi connectivity index (χ0v) is 24.9. The highest BCUT2D eigenvalue weighted by Crippen LogP contribution is 2.49. The highest BCUT2D eigenvalue weighted by atomic mass is 16.6. The molecule has 7 heteroatoms. The molecule has 0 radical (unpaired) electrons. The van der Waals surface area contributed by atoms with Crippen molar-refractivity contribution in [2.75, 3.05) is 13.2 Å². The van der Waals surface area contributed by atoms with Gasteiger partial charge in [-0.1, -0.05) is 79.7 Å². The van der Waals surface area contributed by atoms with E-state index in [0.717, 1.165) is 42.4 Å². The Morgan fingerprint density at radius 2 is 1.58 bits per heavy atom. The molecule has 0 aromatic heterocycles. The molecule has 43 heavy (non-hydrogen) atoms. The van der Waals surface area contributed by atoms with Crippen LogP contribution in [0.4, 0.5) is 0 Å². The molecule has 1 N–H and O–H groups in total. The SMILES string of the molecule is CC[C@H](O)CC[C@@H]1[C@H]2Cc3cccc(OCC(=O)OCc4ccccc4)c3C[C@H]2C[C@H]1OC(=O)COCc1ccccc1. The summed E-state index contributed by atoms with van der Waals surface area (Å²) in [4.78, 5) is 25.2. The Balaban J connectivity index is 1.20. The van der Waals surface area contributed by atoms with Gasteiger partial charge in [-0.05, 0) is 84.6 Å². The van der Waals surface area contributed by atoms with Gasteiger partial charge in [-0.2, -0.15) is 0 Å². The van der Waals surface area contributed by atoms with Gasteiger partial charge in [0.1, 0.15) is 25.1 Å². The molecule has 5 atom stereocenters. The number of hydrogen-bond donors (Lipinski definition) is 1. The Morgan fingerprint density at radius 3 is 2.30 bits per heavy atom. The quantitative estimate of drug-likeness (QED) is 0.237. The van der Waals surface area contributed by atoms with Gasteiger partial charge in [-0.25, -0.2) is 9.59 Å². The van der Waals surface area contributed by atoms with E-state index in [0.29, 0.717) is 37.0 Å². The third-order valence-corrected chi connectivity index (χ3v) is 8.83. The van der Waals surface area contributed by atoms with Gasteiger partial charge in [-0.3, -0.25) is 0 Å². The first-order valence-electron chi connectivity index (χ1n) is 15.4. The summed E-state index contributed by atoms with van der Waals surface area (Å²) in [6.45, 7) is 2.31. The van der Waals surface area contributed by atoms with Crippen molar-refractivity contribution < 1.29 is 33.6 Å². The fraction of sp³-hybridized carbons (Fsp3) is 0.444. The Bertz CT molecular complexity index is 1330. The van der Waals surface area contributed by atoms with E-state index >= 15 is 0 Å². The number of esters is 2. The van der Waals surface area contributed by atoms with E-state index in [1.54, 1.807) is 0 Å². The summed E-state index contributed by atoms with van der Waals surface area (Å²) in [6, 6.07) is 25.3. The number of aliphatic hydroxyl groups excluding tert-OH is 1. The van der Waals surface area contributed by atoms with Crippen molar-refractivity contribution in [2.24, 2.45) is 17.8 Å². The average molecular weight is 587 g/mol. The van der Waals surface area contributed by atoms with Crippen LogP contribution in [0.3, 0.4) is 0 Å². The molecule has 3 aromatic rings. The first-order chi connectivity index (χ1) is 21.0. The Hall–Kier alpha value is -3.68.